The summed E-state index contributed by atoms with van der Waals surface area (Å²) in [6, 6.07) is 6.38. The van der Waals surface area contributed by atoms with Crippen molar-refractivity contribution in [2.45, 2.75) is 46.1 Å². The van der Waals surface area contributed by atoms with Crippen molar-refractivity contribution in [3.8, 4) is 0 Å². The van der Waals surface area contributed by atoms with Gasteiger partial charge in [-0.2, -0.15) is 15.0 Å². The molecule has 0 atom stereocenters. The van der Waals surface area contributed by atoms with Gasteiger partial charge in [-0.25, -0.2) is 4.39 Å². The van der Waals surface area contributed by atoms with Crippen LogP contribution in [0.2, 0.25) is 0 Å². The first-order valence-electron chi connectivity index (χ1n) is 12.2. The lowest BCUT2D eigenvalue weighted by Gasteiger charge is -2.23. The van der Waals surface area contributed by atoms with Gasteiger partial charge in [0.1, 0.15) is 5.82 Å². The summed E-state index contributed by atoms with van der Waals surface area (Å²) in [7, 11) is 0. The highest BCUT2D eigenvalue weighted by molar-refractivity contribution is 5.44. The first-order valence-corrected chi connectivity index (χ1v) is 12.2. The molecule has 0 spiro atoms. The van der Waals surface area contributed by atoms with Crippen molar-refractivity contribution in [3.63, 3.8) is 0 Å². The average molecular weight is 478 g/mol. The van der Waals surface area contributed by atoms with Crippen LogP contribution in [0.4, 0.5) is 22.2 Å². The van der Waals surface area contributed by atoms with E-state index in [-0.39, 0.29) is 5.82 Å². The van der Waals surface area contributed by atoms with Crippen molar-refractivity contribution in [1.29, 1.82) is 0 Å². The van der Waals surface area contributed by atoms with Gasteiger partial charge in [-0.3, -0.25) is 0 Å². The summed E-state index contributed by atoms with van der Waals surface area (Å²) < 4.78 is 24.1. The number of nitrogens with two attached hydrogens (primary N) is 1. The van der Waals surface area contributed by atoms with Crippen LogP contribution >= 0.6 is 0 Å². The quantitative estimate of drug-likeness (QED) is 0.262. The monoisotopic (exact) mass is 477 g/mol. The van der Waals surface area contributed by atoms with Crippen molar-refractivity contribution >= 4 is 17.8 Å². The third-order valence-electron chi connectivity index (χ3n) is 5.00. The van der Waals surface area contributed by atoms with E-state index in [0.717, 1.165) is 44.3 Å². The molecule has 1 aromatic heterocycles. The fourth-order valence-corrected chi connectivity index (χ4v) is 3.10. The van der Waals surface area contributed by atoms with Crippen LogP contribution in [0.5, 0.6) is 0 Å². The highest BCUT2D eigenvalue weighted by Crippen LogP contribution is 2.16. The summed E-state index contributed by atoms with van der Waals surface area (Å²) in [5.41, 5.74) is 6.34. The van der Waals surface area contributed by atoms with Gasteiger partial charge in [-0.15, -0.1) is 0 Å². The molecular weight excluding hydrogens is 437 g/mol. The summed E-state index contributed by atoms with van der Waals surface area (Å²) >= 11 is 0. The molecule has 0 unspecified atom stereocenters. The maximum atomic E-state index is 13.2. The largest absolute Gasteiger partial charge is 0.378 e. The number of nitrogens with zero attached hydrogens (tertiary/aromatic N) is 4. The number of hydrogen-bond acceptors (Lipinski definition) is 9. The summed E-state index contributed by atoms with van der Waals surface area (Å²) in [6.07, 6.45) is 4.33. The number of aromatic nitrogens is 3. The minimum absolute atomic E-state index is 0.256. The van der Waals surface area contributed by atoms with E-state index in [1.807, 2.05) is 0 Å². The fraction of sp³-hybridized carbons (Fsp3) is 0.625. The molecular formula is C24H40FN7O2. The van der Waals surface area contributed by atoms with Crippen LogP contribution in [0.3, 0.4) is 0 Å². The zero-order chi connectivity index (χ0) is 24.4. The number of ether oxygens (including phenoxy) is 2. The zero-order valence-electron chi connectivity index (χ0n) is 20.6. The molecule has 9 nitrogen and oxygen atoms in total. The highest BCUT2D eigenvalue weighted by atomic mass is 19.1. The molecule has 1 aromatic carbocycles. The molecule has 0 saturated heterocycles. The number of anilines is 3. The number of unbranched alkanes of at least 4 members (excludes halogenated alkanes) is 2. The Morgan fingerprint density at radius 2 is 1.47 bits per heavy atom. The molecule has 4 N–H and O–H groups in total. The SMILES string of the molecule is CCCCN(CCCC)c1nc(NCCOCCOCCN)nc(NCc2ccc(F)cc2)n1. The lowest BCUT2D eigenvalue weighted by molar-refractivity contribution is 0.0547. The standard InChI is InChI=1S/C24H40FN7O2/c1-3-5-13-32(14-6-4-2)24-30-22(27-12-16-34-18-17-33-15-11-26)29-23(31-24)28-19-20-7-9-21(25)10-8-20/h7-10H,3-6,11-19,26H2,1-2H3,(H2,27,28,29,30,31). The Bertz CT molecular complexity index is 787. The molecule has 0 amide bonds. The van der Waals surface area contributed by atoms with Gasteiger partial charge in [-0.1, -0.05) is 38.8 Å². The molecule has 34 heavy (non-hydrogen) atoms. The minimum Gasteiger partial charge on any atom is -0.378 e. The molecule has 1 heterocycles. The number of hydrogen-bond donors (Lipinski definition) is 3. The summed E-state index contributed by atoms with van der Waals surface area (Å²) in [5.74, 6) is 1.36. The molecule has 10 heteroatoms. The Hall–Kier alpha value is -2.56. The summed E-state index contributed by atoms with van der Waals surface area (Å²) in [6.45, 7) is 9.76. The molecule has 190 valence electrons. The topological polar surface area (TPSA) is 110 Å². The second-order valence-corrected chi connectivity index (χ2v) is 7.90. The molecule has 2 aromatic rings. The molecule has 0 aliphatic rings. The second-order valence-electron chi connectivity index (χ2n) is 7.90. The Balaban J connectivity index is 2.04. The molecule has 0 radical (unpaired) electrons. The lowest BCUT2D eigenvalue weighted by atomic mass is 10.2. The Morgan fingerprint density at radius 1 is 0.853 bits per heavy atom. The van der Waals surface area contributed by atoms with E-state index < -0.39 is 0 Å². The van der Waals surface area contributed by atoms with Crippen LogP contribution in [-0.2, 0) is 16.0 Å². The van der Waals surface area contributed by atoms with Crippen LogP contribution < -0.4 is 21.3 Å². The van der Waals surface area contributed by atoms with Crippen molar-refractivity contribution in [2.24, 2.45) is 5.73 Å². The number of halogens is 1. The van der Waals surface area contributed by atoms with Crippen LogP contribution in [0.15, 0.2) is 24.3 Å². The summed E-state index contributed by atoms with van der Waals surface area (Å²) in [5, 5.41) is 6.49. The average Bonchev–Trinajstić information content (AvgIpc) is 2.85. The fourth-order valence-electron chi connectivity index (χ4n) is 3.10. The van der Waals surface area contributed by atoms with Gasteiger partial charge in [0.15, 0.2) is 0 Å². The zero-order valence-corrected chi connectivity index (χ0v) is 20.6. The number of rotatable bonds is 19. The van der Waals surface area contributed by atoms with Crippen LogP contribution in [0, 0.1) is 5.82 Å². The molecule has 0 fully saturated rings. The maximum Gasteiger partial charge on any atom is 0.231 e. The third kappa shape index (κ3) is 11.0. The first-order chi connectivity index (χ1) is 16.7. The van der Waals surface area contributed by atoms with E-state index in [1.54, 1.807) is 12.1 Å². The smallest absolute Gasteiger partial charge is 0.231 e. The van der Waals surface area contributed by atoms with Gasteiger partial charge in [-0.05, 0) is 30.5 Å². The van der Waals surface area contributed by atoms with E-state index in [0.29, 0.717) is 63.9 Å². The van der Waals surface area contributed by atoms with Crippen molar-refractivity contribution < 1.29 is 13.9 Å². The number of benzene rings is 1. The predicted molar refractivity (Wildman–Crippen MR) is 135 cm³/mol. The Labute approximate surface area is 202 Å². The van der Waals surface area contributed by atoms with Gasteiger partial charge in [0.2, 0.25) is 17.8 Å². The highest BCUT2D eigenvalue weighted by Gasteiger charge is 2.13. The van der Waals surface area contributed by atoms with E-state index in [2.05, 4.69) is 44.3 Å². The third-order valence-corrected chi connectivity index (χ3v) is 5.00. The maximum absolute atomic E-state index is 13.2. The first kappa shape index (κ1) is 27.7. The van der Waals surface area contributed by atoms with E-state index >= 15 is 0 Å². The van der Waals surface area contributed by atoms with E-state index in [4.69, 9.17) is 15.2 Å². The van der Waals surface area contributed by atoms with Crippen LogP contribution in [0.1, 0.15) is 45.1 Å². The van der Waals surface area contributed by atoms with E-state index in [1.165, 1.54) is 12.1 Å². The minimum atomic E-state index is -0.256. The second kappa shape index (κ2) is 17.0. The number of nitrogens with one attached hydrogen (secondary N) is 2. The normalized spacial score (nSPS) is 10.9. The van der Waals surface area contributed by atoms with Crippen molar-refractivity contribution in [1.82, 2.24) is 15.0 Å². The van der Waals surface area contributed by atoms with Gasteiger partial charge < -0.3 is 30.7 Å². The molecule has 2 rings (SSSR count). The van der Waals surface area contributed by atoms with Gasteiger partial charge in [0.05, 0.1) is 26.4 Å². The van der Waals surface area contributed by atoms with Gasteiger partial charge in [0, 0.05) is 32.7 Å². The molecule has 0 bridgehead atoms. The Morgan fingerprint density at radius 3 is 2.09 bits per heavy atom. The Kier molecular flexibility index (Phi) is 13.8. The molecule has 0 saturated carbocycles. The molecule has 0 aliphatic carbocycles. The lowest BCUT2D eigenvalue weighted by Crippen LogP contribution is -2.28. The van der Waals surface area contributed by atoms with E-state index in [9.17, 15) is 4.39 Å². The van der Waals surface area contributed by atoms with Crippen LogP contribution in [0.25, 0.3) is 0 Å². The van der Waals surface area contributed by atoms with Gasteiger partial charge >= 0.3 is 0 Å². The van der Waals surface area contributed by atoms with Crippen LogP contribution in [-0.4, -0.2) is 67.6 Å². The van der Waals surface area contributed by atoms with Crippen molar-refractivity contribution in [2.75, 3.05) is 68.1 Å². The van der Waals surface area contributed by atoms with Crippen molar-refractivity contribution in [3.05, 3.63) is 35.6 Å². The molecule has 0 aliphatic heterocycles. The predicted octanol–water partition coefficient (Wildman–Crippen LogP) is 3.43. The van der Waals surface area contributed by atoms with Gasteiger partial charge in [0.25, 0.3) is 0 Å². The summed E-state index contributed by atoms with van der Waals surface area (Å²) in [4.78, 5) is 16.1.